The van der Waals surface area contributed by atoms with Crippen LogP contribution in [0.4, 0.5) is 0 Å². The van der Waals surface area contributed by atoms with Gasteiger partial charge in [0.25, 0.3) is 0 Å². The molecule has 0 bridgehead atoms. The largest absolute Gasteiger partial charge is 0.467 e. The summed E-state index contributed by atoms with van der Waals surface area (Å²) in [5.74, 6) is -0.795. The fraction of sp³-hybridized carbons (Fsp3) is 0.412. The van der Waals surface area contributed by atoms with E-state index in [1.54, 1.807) is 0 Å². The van der Waals surface area contributed by atoms with Crippen LogP contribution < -0.4 is 10.6 Å². The number of methoxy groups -OCH3 is 1. The Balaban J connectivity index is 2.55. The van der Waals surface area contributed by atoms with Crippen molar-refractivity contribution in [2.45, 2.75) is 33.4 Å². The molecular weight excluding hydrogens is 280 g/mol. The van der Waals surface area contributed by atoms with E-state index >= 15 is 0 Å². The fourth-order valence-corrected chi connectivity index (χ4v) is 1.90. The molecule has 5 nitrogen and oxygen atoms in total. The Morgan fingerprint density at radius 1 is 1.23 bits per heavy atom. The average Bonchev–Trinajstić information content (AvgIpc) is 2.50. The van der Waals surface area contributed by atoms with Gasteiger partial charge < -0.3 is 15.4 Å². The number of carbonyl (C=O) groups is 2. The third-order valence-electron chi connectivity index (χ3n) is 3.18. The molecule has 0 aromatic heterocycles. The molecule has 2 N–H and O–H groups in total. The average molecular weight is 304 g/mol. The number of benzene rings is 1. The van der Waals surface area contributed by atoms with E-state index in [2.05, 4.69) is 10.6 Å². The standard InChI is InChI=1S/C17H24N2O3/c1-12(2)16(17(21)22-4)19-15(20)10-13(3)18-11-14-8-6-5-7-9-14/h5-10,12,16,18H,11H2,1-4H3,(H,19,20)/b13-10-/t16-/m0/s1. The van der Waals surface area contributed by atoms with Gasteiger partial charge in [-0.05, 0) is 18.4 Å². The third-order valence-corrected chi connectivity index (χ3v) is 3.18. The van der Waals surface area contributed by atoms with Crippen molar-refractivity contribution in [3.05, 3.63) is 47.7 Å². The van der Waals surface area contributed by atoms with Gasteiger partial charge in [0, 0.05) is 18.3 Å². The zero-order valence-electron chi connectivity index (χ0n) is 13.6. The molecule has 22 heavy (non-hydrogen) atoms. The monoisotopic (exact) mass is 304 g/mol. The van der Waals surface area contributed by atoms with Crippen molar-refractivity contribution in [3.8, 4) is 0 Å². The number of allylic oxidation sites excluding steroid dienone is 1. The Morgan fingerprint density at radius 3 is 2.41 bits per heavy atom. The quantitative estimate of drug-likeness (QED) is 0.597. The number of ether oxygens (including phenoxy) is 1. The molecule has 0 fully saturated rings. The second-order valence-corrected chi connectivity index (χ2v) is 5.42. The van der Waals surface area contributed by atoms with E-state index in [9.17, 15) is 9.59 Å². The van der Waals surface area contributed by atoms with Crippen molar-refractivity contribution in [1.82, 2.24) is 10.6 Å². The smallest absolute Gasteiger partial charge is 0.328 e. The van der Waals surface area contributed by atoms with Crippen LogP contribution in [0.1, 0.15) is 26.3 Å². The van der Waals surface area contributed by atoms with Gasteiger partial charge >= 0.3 is 5.97 Å². The molecule has 1 aromatic carbocycles. The van der Waals surface area contributed by atoms with Gasteiger partial charge in [-0.3, -0.25) is 4.79 Å². The van der Waals surface area contributed by atoms with E-state index in [1.165, 1.54) is 13.2 Å². The molecule has 0 aliphatic rings. The minimum atomic E-state index is -0.643. The number of esters is 1. The molecule has 1 aromatic rings. The fourth-order valence-electron chi connectivity index (χ4n) is 1.90. The number of nitrogens with one attached hydrogen (secondary N) is 2. The van der Waals surface area contributed by atoms with Crippen LogP contribution in [0.2, 0.25) is 0 Å². The molecule has 0 aliphatic heterocycles. The number of hydrogen-bond donors (Lipinski definition) is 2. The number of rotatable bonds is 7. The van der Waals surface area contributed by atoms with E-state index in [0.717, 1.165) is 11.3 Å². The van der Waals surface area contributed by atoms with Crippen molar-refractivity contribution >= 4 is 11.9 Å². The first-order valence-electron chi connectivity index (χ1n) is 7.28. The molecule has 0 heterocycles. The highest BCUT2D eigenvalue weighted by Gasteiger charge is 2.24. The lowest BCUT2D eigenvalue weighted by atomic mass is 10.0. The lowest BCUT2D eigenvalue weighted by molar-refractivity contribution is -0.145. The molecule has 0 unspecified atom stereocenters. The first-order chi connectivity index (χ1) is 10.4. The first kappa shape index (κ1) is 17.8. The maximum absolute atomic E-state index is 12.0. The number of hydrogen-bond acceptors (Lipinski definition) is 4. The maximum atomic E-state index is 12.0. The van der Waals surface area contributed by atoms with Gasteiger partial charge in [-0.25, -0.2) is 4.79 Å². The van der Waals surface area contributed by atoms with Crippen LogP contribution in [0.25, 0.3) is 0 Å². The summed E-state index contributed by atoms with van der Waals surface area (Å²) < 4.78 is 4.69. The van der Waals surface area contributed by atoms with Gasteiger partial charge in [-0.15, -0.1) is 0 Å². The molecule has 5 heteroatoms. The molecule has 1 amide bonds. The van der Waals surface area contributed by atoms with E-state index in [0.29, 0.717) is 6.54 Å². The van der Waals surface area contributed by atoms with E-state index < -0.39 is 12.0 Å². The number of carbonyl (C=O) groups excluding carboxylic acids is 2. The highest BCUT2D eigenvalue weighted by atomic mass is 16.5. The summed E-state index contributed by atoms with van der Waals surface area (Å²) in [4.78, 5) is 23.6. The van der Waals surface area contributed by atoms with Crippen LogP contribution >= 0.6 is 0 Å². The molecule has 0 aliphatic carbocycles. The highest BCUT2D eigenvalue weighted by Crippen LogP contribution is 2.04. The van der Waals surface area contributed by atoms with Crippen molar-refractivity contribution in [3.63, 3.8) is 0 Å². The molecule has 0 saturated carbocycles. The van der Waals surface area contributed by atoms with E-state index in [-0.39, 0.29) is 11.8 Å². The Hall–Kier alpha value is -2.30. The molecule has 0 spiro atoms. The van der Waals surface area contributed by atoms with Gasteiger partial charge in [0.05, 0.1) is 7.11 Å². The second kappa shape index (κ2) is 8.87. The van der Waals surface area contributed by atoms with Gasteiger partial charge in [0.15, 0.2) is 0 Å². The van der Waals surface area contributed by atoms with Crippen LogP contribution in [0.5, 0.6) is 0 Å². The summed E-state index contributed by atoms with van der Waals surface area (Å²) in [6.07, 6.45) is 1.45. The minimum absolute atomic E-state index is 0.0395. The lowest BCUT2D eigenvalue weighted by Crippen LogP contribution is -2.44. The minimum Gasteiger partial charge on any atom is -0.467 e. The van der Waals surface area contributed by atoms with Crippen molar-refractivity contribution in [2.75, 3.05) is 7.11 Å². The Morgan fingerprint density at radius 2 is 1.86 bits per heavy atom. The Kier molecular flexibility index (Phi) is 7.16. The maximum Gasteiger partial charge on any atom is 0.328 e. The molecule has 120 valence electrons. The normalized spacial score (nSPS) is 12.7. The van der Waals surface area contributed by atoms with Gasteiger partial charge in [-0.2, -0.15) is 0 Å². The van der Waals surface area contributed by atoms with Crippen LogP contribution in [0.3, 0.4) is 0 Å². The zero-order chi connectivity index (χ0) is 16.5. The van der Waals surface area contributed by atoms with Crippen LogP contribution in [0.15, 0.2) is 42.1 Å². The molecule has 1 rings (SSSR count). The highest BCUT2D eigenvalue weighted by molar-refractivity contribution is 5.91. The summed E-state index contributed by atoms with van der Waals surface area (Å²) in [6, 6.07) is 9.26. The molecule has 0 radical (unpaired) electrons. The summed E-state index contributed by atoms with van der Waals surface area (Å²) >= 11 is 0. The second-order valence-electron chi connectivity index (χ2n) is 5.42. The van der Waals surface area contributed by atoms with Crippen molar-refractivity contribution in [1.29, 1.82) is 0 Å². The molecule has 1 atom stereocenters. The summed E-state index contributed by atoms with van der Waals surface area (Å²) in [6.45, 7) is 6.16. The first-order valence-corrected chi connectivity index (χ1v) is 7.28. The lowest BCUT2D eigenvalue weighted by Gasteiger charge is -2.19. The SMILES string of the molecule is COC(=O)[C@@H](NC(=O)/C=C(/C)NCc1ccccc1)C(C)C. The Labute approximate surface area is 131 Å². The zero-order valence-corrected chi connectivity index (χ0v) is 13.6. The van der Waals surface area contributed by atoms with Gasteiger partial charge in [0.2, 0.25) is 5.91 Å². The summed E-state index contributed by atoms with van der Waals surface area (Å²) in [7, 11) is 1.31. The molecule has 0 saturated heterocycles. The van der Waals surface area contributed by atoms with Crippen molar-refractivity contribution < 1.29 is 14.3 Å². The van der Waals surface area contributed by atoms with Crippen LogP contribution in [0, 0.1) is 5.92 Å². The third kappa shape index (κ3) is 5.99. The van der Waals surface area contributed by atoms with Crippen LogP contribution in [-0.2, 0) is 20.9 Å². The number of amides is 1. The Bertz CT molecular complexity index is 524. The van der Waals surface area contributed by atoms with E-state index in [4.69, 9.17) is 4.74 Å². The van der Waals surface area contributed by atoms with Gasteiger partial charge in [-0.1, -0.05) is 44.2 Å². The van der Waals surface area contributed by atoms with Crippen molar-refractivity contribution in [2.24, 2.45) is 5.92 Å². The van der Waals surface area contributed by atoms with Crippen LogP contribution in [-0.4, -0.2) is 25.0 Å². The predicted octanol–water partition coefficient (Wildman–Crippen LogP) is 1.99. The summed E-state index contributed by atoms with van der Waals surface area (Å²) in [5, 5.41) is 5.83. The summed E-state index contributed by atoms with van der Waals surface area (Å²) in [5.41, 5.74) is 1.86. The molecular formula is C17H24N2O3. The predicted molar refractivity (Wildman–Crippen MR) is 85.8 cm³/mol. The van der Waals surface area contributed by atoms with E-state index in [1.807, 2.05) is 51.1 Å². The topological polar surface area (TPSA) is 67.4 Å². The van der Waals surface area contributed by atoms with Gasteiger partial charge in [0.1, 0.15) is 6.04 Å².